The molecule has 0 aliphatic heterocycles. The van der Waals surface area contributed by atoms with Crippen LogP contribution in [0.2, 0.25) is 0 Å². The van der Waals surface area contributed by atoms with Gasteiger partial charge in [0.2, 0.25) is 5.95 Å². The first kappa shape index (κ1) is 36.3. The fourth-order valence-electron chi connectivity index (χ4n) is 4.41. The molecule has 4 aromatic carbocycles. The Morgan fingerprint density at radius 2 is 1.54 bits per heavy atom. The van der Waals surface area contributed by atoms with E-state index in [4.69, 9.17) is 16.1 Å². The Morgan fingerprint density at radius 1 is 0.880 bits per heavy atom. The van der Waals surface area contributed by atoms with Crippen molar-refractivity contribution in [3.8, 4) is 23.0 Å². The van der Waals surface area contributed by atoms with Gasteiger partial charge in [0.15, 0.2) is 17.2 Å². The molecule has 0 atom stereocenters. The van der Waals surface area contributed by atoms with Crippen LogP contribution in [0.25, 0.3) is 10.8 Å². The Hall–Kier alpha value is -4.99. The number of aromatic nitrogens is 3. The van der Waals surface area contributed by atoms with Gasteiger partial charge in [0.1, 0.15) is 42.0 Å². The molecule has 0 aliphatic carbocycles. The third-order valence-electron chi connectivity index (χ3n) is 6.79. The molecule has 1 heterocycles. The molecule has 0 aliphatic rings. The van der Waals surface area contributed by atoms with Gasteiger partial charge >= 0.3 is 0 Å². The molecule has 5 aromatic rings. The minimum Gasteiger partial charge on any atom is -0.506 e. The van der Waals surface area contributed by atoms with Crippen LogP contribution in [0, 0.1) is 13.8 Å². The molecule has 265 valence electrons. The van der Waals surface area contributed by atoms with Crippen molar-refractivity contribution in [3.63, 3.8) is 0 Å². The second-order valence-corrected chi connectivity index (χ2v) is 11.9. The van der Waals surface area contributed by atoms with Gasteiger partial charge in [-0.2, -0.15) is 13.4 Å². The third kappa shape index (κ3) is 8.41. The predicted molar refractivity (Wildman–Crippen MR) is 175 cm³/mol. The summed E-state index contributed by atoms with van der Waals surface area (Å²) in [5.41, 5.74) is 0.816. The van der Waals surface area contributed by atoms with Crippen molar-refractivity contribution in [3.05, 3.63) is 66.2 Å². The molecular formula is C29H26CuN8O10S2. The summed E-state index contributed by atoms with van der Waals surface area (Å²) in [5, 5.41) is 54.7. The fraction of sp³-hybridized carbons (Fsp3) is 0.138. The number of nitrogens with zero attached hydrogens (tertiary/aromatic N) is 7. The van der Waals surface area contributed by atoms with Crippen LogP contribution in [0.15, 0.2) is 85.1 Å². The van der Waals surface area contributed by atoms with Gasteiger partial charge in [0.05, 0.1) is 36.1 Å². The topological polar surface area (TPSA) is 252 Å². The number of methoxy groups -OCH3 is 2. The van der Waals surface area contributed by atoms with E-state index in [0.29, 0.717) is 39.9 Å². The van der Waals surface area contributed by atoms with Crippen LogP contribution in [-0.4, -0.2) is 57.6 Å². The van der Waals surface area contributed by atoms with Crippen molar-refractivity contribution >= 4 is 67.3 Å². The molecule has 0 unspecified atom stereocenters. The first-order valence-corrected chi connectivity index (χ1v) is 15.8. The molecule has 50 heavy (non-hydrogen) atoms. The summed E-state index contributed by atoms with van der Waals surface area (Å²) in [6.07, 6.45) is -0.213. The molecule has 5 rings (SSSR count). The van der Waals surface area contributed by atoms with Crippen LogP contribution in [-0.2, 0) is 36.6 Å². The molecule has 18 nitrogen and oxygen atoms in total. The second kappa shape index (κ2) is 16.1. The smallest absolute Gasteiger partial charge is 0.294 e. The average molecular weight is 776 g/mol. The van der Waals surface area contributed by atoms with E-state index in [1.54, 1.807) is 32.0 Å². The zero-order valence-electron chi connectivity index (χ0n) is 27.1. The van der Waals surface area contributed by atoms with E-state index in [9.17, 15) is 23.2 Å². The summed E-state index contributed by atoms with van der Waals surface area (Å²) in [5.74, 6) is 0.160. The zero-order valence-corrected chi connectivity index (χ0v) is 28.7. The Kier molecular flexibility index (Phi) is 11.7. The number of aryl methyl sites for hydroxylation is 2. The van der Waals surface area contributed by atoms with E-state index in [-0.39, 0.29) is 74.2 Å². The van der Waals surface area contributed by atoms with Crippen LogP contribution >= 0.6 is 12.0 Å². The molecule has 0 saturated heterocycles. The minimum atomic E-state index is -4.61. The summed E-state index contributed by atoms with van der Waals surface area (Å²) in [4.78, 5) is 11.7. The van der Waals surface area contributed by atoms with E-state index < -0.39 is 20.8 Å². The van der Waals surface area contributed by atoms with Crippen LogP contribution in [0.4, 0.5) is 34.4 Å². The number of hydrogen-bond acceptors (Lipinski definition) is 18. The molecule has 21 heteroatoms. The monoisotopic (exact) mass is 775 g/mol. The van der Waals surface area contributed by atoms with Crippen LogP contribution < -0.4 is 14.8 Å². The number of benzene rings is 4. The van der Waals surface area contributed by atoms with Gasteiger partial charge in [0, 0.05) is 40.3 Å². The maximum Gasteiger partial charge on any atom is 0.294 e. The van der Waals surface area contributed by atoms with E-state index in [0.717, 1.165) is 18.2 Å². The average Bonchev–Trinajstić information content (AvgIpc) is 3.07. The summed E-state index contributed by atoms with van der Waals surface area (Å²) < 4.78 is 55.8. The van der Waals surface area contributed by atoms with Gasteiger partial charge in [-0.1, -0.05) is 5.04 Å². The van der Waals surface area contributed by atoms with Crippen molar-refractivity contribution in [2.45, 2.75) is 23.6 Å². The molecule has 5 N–H and O–H groups in total. The standard InChI is InChI=1S/C29H26N8O10S2.Cu/c1-14-18-10-26(48-47-46-40)27(28(39)17(18)6-7-19(14)33-29-31-13-30-15(2)32-29)37-35-21-12-25(45-4)24(44-3)11-20(21)34-36-22-9-16(49(41,42)43)5-8-23(22)38;/h5-13,38-40H,1-4H3,(H,41,42,43)(H,30,31,32,33);/i13T;. The maximum atomic E-state index is 11.6. The van der Waals surface area contributed by atoms with Gasteiger partial charge in [0.25, 0.3) is 10.1 Å². The Labute approximate surface area is 300 Å². The number of azo groups is 2. The van der Waals surface area contributed by atoms with E-state index in [1.807, 2.05) is 0 Å². The van der Waals surface area contributed by atoms with E-state index in [1.165, 1.54) is 26.4 Å². The Morgan fingerprint density at radius 3 is 2.16 bits per heavy atom. The number of phenolic OH excluding ortho intramolecular Hbond substituents is 2. The SMILES string of the molecule is [3H]c1nc(C)nc(Nc2ccc3c(O)c(N=Nc4cc(OC)c(OC)cc4N=Nc4cc(S(=O)(=O)O)ccc4O)c(SOOO)cc3c2C)n1.[Cu]. The molecular weight excluding hydrogens is 748 g/mol. The molecule has 0 bridgehead atoms. The Balaban J connectivity index is 0.00000583. The van der Waals surface area contributed by atoms with E-state index in [2.05, 4.69) is 50.1 Å². The van der Waals surface area contributed by atoms with Crippen molar-refractivity contribution in [1.82, 2.24) is 15.0 Å². The number of phenols is 2. The molecule has 1 radical (unpaired) electrons. The first-order chi connectivity index (χ1) is 23.8. The number of anilines is 2. The molecule has 0 amide bonds. The van der Waals surface area contributed by atoms with Crippen molar-refractivity contribution in [2.24, 2.45) is 20.5 Å². The quantitative estimate of drug-likeness (QED) is 0.0208. The normalized spacial score (nSPS) is 11.9. The van der Waals surface area contributed by atoms with Gasteiger partial charge in [-0.05, 0) is 61.2 Å². The molecule has 0 fully saturated rings. The molecule has 1 aromatic heterocycles. The Bertz CT molecular complexity index is 2260. The van der Waals surface area contributed by atoms with Gasteiger partial charge in [-0.3, -0.25) is 4.55 Å². The number of fused-ring (bicyclic) bond motifs is 1. The minimum absolute atomic E-state index is 0. The van der Waals surface area contributed by atoms with Crippen molar-refractivity contribution < 1.29 is 65.7 Å². The summed E-state index contributed by atoms with van der Waals surface area (Å²) in [6.45, 7) is 3.40. The van der Waals surface area contributed by atoms with Crippen LogP contribution in [0.1, 0.15) is 12.8 Å². The largest absolute Gasteiger partial charge is 0.506 e. The van der Waals surface area contributed by atoms with Crippen molar-refractivity contribution in [2.75, 3.05) is 19.5 Å². The predicted octanol–water partition coefficient (Wildman–Crippen LogP) is 7.32. The van der Waals surface area contributed by atoms with Crippen LogP contribution in [0.3, 0.4) is 0 Å². The molecule has 0 spiro atoms. The first-order valence-electron chi connectivity index (χ1n) is 14.1. The number of ether oxygens (including phenoxy) is 2. The zero-order chi connectivity index (χ0) is 36.2. The maximum absolute atomic E-state index is 11.6. The van der Waals surface area contributed by atoms with E-state index >= 15 is 0 Å². The summed E-state index contributed by atoms with van der Waals surface area (Å²) in [6, 6.07) is 10.6. The summed E-state index contributed by atoms with van der Waals surface area (Å²) in [7, 11) is -1.85. The number of nitrogens with one attached hydrogen (secondary N) is 1. The van der Waals surface area contributed by atoms with Crippen LogP contribution in [0.5, 0.6) is 23.0 Å². The van der Waals surface area contributed by atoms with Gasteiger partial charge in [-0.15, -0.1) is 24.8 Å². The number of rotatable bonds is 12. The molecule has 0 saturated carbocycles. The summed E-state index contributed by atoms with van der Waals surface area (Å²) >= 11 is 0.516. The number of aromatic hydroxyl groups is 2. The number of hydrogen-bond donors (Lipinski definition) is 5. The fourth-order valence-corrected chi connectivity index (χ4v) is 5.40. The van der Waals surface area contributed by atoms with Crippen molar-refractivity contribution in [1.29, 1.82) is 0 Å². The van der Waals surface area contributed by atoms with Gasteiger partial charge in [-0.25, -0.2) is 15.2 Å². The van der Waals surface area contributed by atoms with Gasteiger partial charge < -0.3 is 25.0 Å². The third-order valence-corrected chi connectivity index (χ3v) is 8.26. The second-order valence-electron chi connectivity index (χ2n) is 9.78.